The number of rotatable bonds is 11. The quantitative estimate of drug-likeness (QED) is 0.209. The molecule has 0 bridgehead atoms. The third kappa shape index (κ3) is 7.61. The van der Waals surface area contributed by atoms with E-state index in [2.05, 4.69) is 15.2 Å². The zero-order valence-corrected chi connectivity index (χ0v) is 21.8. The Morgan fingerprint density at radius 1 is 0.868 bits per heavy atom. The zero-order valence-electron chi connectivity index (χ0n) is 20.9. The van der Waals surface area contributed by atoms with Crippen LogP contribution in [0.3, 0.4) is 0 Å². The van der Waals surface area contributed by atoms with Crippen LogP contribution in [0.5, 0.6) is 5.75 Å². The summed E-state index contributed by atoms with van der Waals surface area (Å²) in [5.41, 5.74) is 5.86. The Balaban J connectivity index is 1.42. The second kappa shape index (κ2) is 12.8. The molecule has 0 heterocycles. The number of hydrogen-bond acceptors (Lipinski definition) is 5. The van der Waals surface area contributed by atoms with Gasteiger partial charge in [0.1, 0.15) is 12.4 Å². The van der Waals surface area contributed by atoms with E-state index in [1.807, 2.05) is 67.6 Å². The van der Waals surface area contributed by atoms with E-state index < -0.39 is 22.0 Å². The molecule has 0 aliphatic heterocycles. The molecule has 0 saturated heterocycles. The van der Waals surface area contributed by atoms with Crippen molar-refractivity contribution in [2.45, 2.75) is 30.9 Å². The molecule has 1 atom stereocenters. The fourth-order valence-electron chi connectivity index (χ4n) is 3.74. The second-order valence-electron chi connectivity index (χ2n) is 8.71. The van der Waals surface area contributed by atoms with Crippen molar-refractivity contribution in [3.8, 4) is 5.75 Å². The van der Waals surface area contributed by atoms with Crippen molar-refractivity contribution in [2.24, 2.45) is 5.10 Å². The van der Waals surface area contributed by atoms with Gasteiger partial charge in [0.15, 0.2) is 0 Å². The smallest absolute Gasteiger partial charge is 0.242 e. The van der Waals surface area contributed by atoms with Crippen LogP contribution < -0.4 is 14.9 Å². The van der Waals surface area contributed by atoms with Gasteiger partial charge in [-0.3, -0.25) is 4.79 Å². The molecule has 0 spiro atoms. The number of aryl methyl sites for hydroxylation is 1. The molecule has 0 aromatic heterocycles. The van der Waals surface area contributed by atoms with Gasteiger partial charge in [0.05, 0.1) is 17.2 Å². The van der Waals surface area contributed by atoms with Gasteiger partial charge in [-0.25, -0.2) is 18.6 Å². The number of sulfonamides is 1. The Morgan fingerprint density at radius 2 is 1.50 bits per heavy atom. The summed E-state index contributed by atoms with van der Waals surface area (Å²) in [5, 5.41) is 4.09. The molecule has 4 aromatic carbocycles. The lowest BCUT2D eigenvalue weighted by Gasteiger charge is -2.18. The number of hydrogen-bond donors (Lipinski definition) is 2. The summed E-state index contributed by atoms with van der Waals surface area (Å²) in [6, 6.07) is 31.9. The maximum absolute atomic E-state index is 13.0. The lowest BCUT2D eigenvalue weighted by atomic mass is 10.0. The van der Waals surface area contributed by atoms with Gasteiger partial charge in [0, 0.05) is 12.0 Å². The number of carbonyl (C=O) groups is 1. The molecular formula is C30H29N3O4S. The number of hydrazone groups is 1. The molecule has 0 aliphatic rings. The van der Waals surface area contributed by atoms with Crippen LogP contribution in [-0.2, 0) is 21.4 Å². The molecule has 2 N–H and O–H groups in total. The van der Waals surface area contributed by atoms with Gasteiger partial charge in [-0.05, 0) is 42.3 Å². The largest absolute Gasteiger partial charge is 0.488 e. The minimum absolute atomic E-state index is 0.134. The fraction of sp³-hybridized carbons (Fsp3) is 0.133. The number of nitrogens with zero attached hydrogens (tertiary/aromatic N) is 1. The minimum Gasteiger partial charge on any atom is -0.488 e. The topological polar surface area (TPSA) is 96.9 Å². The number of amides is 1. The normalized spacial score (nSPS) is 12.2. The summed E-state index contributed by atoms with van der Waals surface area (Å²) < 4.78 is 34.6. The summed E-state index contributed by atoms with van der Waals surface area (Å²) in [6.45, 7) is 2.28. The summed E-state index contributed by atoms with van der Waals surface area (Å²) >= 11 is 0. The Kier molecular flexibility index (Phi) is 9.02. The molecule has 0 radical (unpaired) electrons. The lowest BCUT2D eigenvalue weighted by Crippen LogP contribution is -2.32. The third-order valence-electron chi connectivity index (χ3n) is 5.77. The van der Waals surface area contributed by atoms with Crippen LogP contribution >= 0.6 is 0 Å². The number of nitrogens with one attached hydrogen (secondary N) is 2. The van der Waals surface area contributed by atoms with Gasteiger partial charge in [-0.1, -0.05) is 90.5 Å². The maximum atomic E-state index is 13.0. The van der Waals surface area contributed by atoms with E-state index in [9.17, 15) is 13.2 Å². The predicted molar refractivity (Wildman–Crippen MR) is 148 cm³/mol. The van der Waals surface area contributed by atoms with Crippen LogP contribution in [0.1, 0.15) is 34.7 Å². The van der Waals surface area contributed by atoms with E-state index >= 15 is 0 Å². The van der Waals surface area contributed by atoms with Crippen molar-refractivity contribution in [1.82, 2.24) is 10.1 Å². The highest BCUT2D eigenvalue weighted by Crippen LogP contribution is 2.21. The lowest BCUT2D eigenvalue weighted by molar-refractivity contribution is -0.121. The molecule has 8 heteroatoms. The first-order chi connectivity index (χ1) is 18.4. The number of carbonyl (C=O) groups excluding carboxylic acids is 1. The summed E-state index contributed by atoms with van der Waals surface area (Å²) in [4.78, 5) is 12.9. The van der Waals surface area contributed by atoms with Crippen molar-refractivity contribution in [1.29, 1.82) is 0 Å². The Hall–Kier alpha value is -4.27. The van der Waals surface area contributed by atoms with Crippen LogP contribution in [0.15, 0.2) is 119 Å². The highest BCUT2D eigenvalue weighted by Gasteiger charge is 2.23. The summed E-state index contributed by atoms with van der Waals surface area (Å²) in [5.74, 6) is 0.187. The highest BCUT2D eigenvalue weighted by molar-refractivity contribution is 7.89. The molecular weight excluding hydrogens is 498 g/mol. The molecule has 4 aromatic rings. The van der Waals surface area contributed by atoms with Gasteiger partial charge in [-0.15, -0.1) is 0 Å². The van der Waals surface area contributed by atoms with Gasteiger partial charge in [0.25, 0.3) is 0 Å². The van der Waals surface area contributed by atoms with E-state index in [0.29, 0.717) is 23.5 Å². The Labute approximate surface area is 223 Å². The molecule has 0 fully saturated rings. The van der Waals surface area contributed by atoms with Crippen molar-refractivity contribution in [3.05, 3.63) is 131 Å². The zero-order chi connectivity index (χ0) is 26.8. The van der Waals surface area contributed by atoms with Crippen molar-refractivity contribution in [2.75, 3.05) is 0 Å². The molecule has 4 rings (SSSR count). The van der Waals surface area contributed by atoms with Crippen LogP contribution in [0.4, 0.5) is 0 Å². The standard InChI is InChI=1S/C30H29N3O4S/c1-23-16-18-27(19-17-23)38(35,36)33-28(25-12-6-3-7-13-25)20-30(34)32-31-21-26-14-8-9-15-29(26)37-22-24-10-4-2-5-11-24/h2-19,21,28,33H,20,22H2,1H3,(H,32,34)/b31-21-/t28-/m0/s1. The van der Waals surface area contributed by atoms with Crippen LogP contribution in [0, 0.1) is 6.92 Å². The van der Waals surface area contributed by atoms with Crippen molar-refractivity contribution >= 4 is 22.1 Å². The molecule has 0 saturated carbocycles. The van der Waals surface area contributed by atoms with E-state index in [1.165, 1.54) is 6.21 Å². The third-order valence-corrected chi connectivity index (χ3v) is 7.26. The van der Waals surface area contributed by atoms with E-state index in [-0.39, 0.29) is 11.3 Å². The summed E-state index contributed by atoms with van der Waals surface area (Å²) in [7, 11) is -3.85. The molecule has 194 valence electrons. The highest BCUT2D eigenvalue weighted by atomic mass is 32.2. The first kappa shape index (κ1) is 26.8. The average Bonchev–Trinajstić information content (AvgIpc) is 2.93. The van der Waals surface area contributed by atoms with Crippen molar-refractivity contribution < 1.29 is 17.9 Å². The Bertz CT molecular complexity index is 1470. The van der Waals surface area contributed by atoms with E-state index in [4.69, 9.17) is 4.74 Å². The monoisotopic (exact) mass is 527 g/mol. The van der Waals surface area contributed by atoms with Gasteiger partial charge < -0.3 is 4.74 Å². The number of ether oxygens (including phenoxy) is 1. The van der Waals surface area contributed by atoms with Crippen LogP contribution in [0.25, 0.3) is 0 Å². The molecule has 1 amide bonds. The molecule has 0 unspecified atom stereocenters. The second-order valence-corrected chi connectivity index (χ2v) is 10.4. The minimum atomic E-state index is -3.85. The van der Waals surface area contributed by atoms with Crippen molar-refractivity contribution in [3.63, 3.8) is 0 Å². The maximum Gasteiger partial charge on any atom is 0.242 e. The predicted octanol–water partition coefficient (Wildman–Crippen LogP) is 5.13. The van der Waals surface area contributed by atoms with Gasteiger partial charge in [-0.2, -0.15) is 5.10 Å². The van der Waals surface area contributed by atoms with Crippen LogP contribution in [-0.4, -0.2) is 20.5 Å². The SMILES string of the molecule is Cc1ccc(S(=O)(=O)N[C@@H](CC(=O)N/N=C\c2ccccc2OCc2ccccc2)c2ccccc2)cc1. The van der Waals surface area contributed by atoms with E-state index in [1.54, 1.807) is 48.5 Å². The van der Waals surface area contributed by atoms with Crippen LogP contribution in [0.2, 0.25) is 0 Å². The van der Waals surface area contributed by atoms with Gasteiger partial charge in [0.2, 0.25) is 15.9 Å². The first-order valence-electron chi connectivity index (χ1n) is 12.1. The number of para-hydroxylation sites is 1. The Morgan fingerprint density at radius 3 is 2.21 bits per heavy atom. The van der Waals surface area contributed by atoms with E-state index in [0.717, 1.165) is 11.1 Å². The van der Waals surface area contributed by atoms with Gasteiger partial charge >= 0.3 is 0 Å². The molecule has 0 aliphatic carbocycles. The number of benzene rings is 4. The molecule has 7 nitrogen and oxygen atoms in total. The molecule has 38 heavy (non-hydrogen) atoms. The average molecular weight is 528 g/mol. The summed E-state index contributed by atoms with van der Waals surface area (Å²) in [6.07, 6.45) is 1.37. The fourth-order valence-corrected chi connectivity index (χ4v) is 4.97. The first-order valence-corrected chi connectivity index (χ1v) is 13.6.